The molecule has 1 heterocycles. The summed E-state index contributed by atoms with van der Waals surface area (Å²) in [7, 11) is 0. The minimum absolute atomic E-state index is 0.236. The highest BCUT2D eigenvalue weighted by molar-refractivity contribution is 5.95. The molecule has 2 atom stereocenters. The summed E-state index contributed by atoms with van der Waals surface area (Å²) < 4.78 is 6.14. The molecule has 0 saturated carbocycles. The zero-order valence-electron chi connectivity index (χ0n) is 20.0. The third kappa shape index (κ3) is 4.55. The molecule has 5 nitrogen and oxygen atoms in total. The Morgan fingerprint density at radius 1 is 1.06 bits per heavy atom. The largest absolute Gasteiger partial charge is 0.487 e. The summed E-state index contributed by atoms with van der Waals surface area (Å²) in [4.78, 5) is 22.4. The van der Waals surface area contributed by atoms with E-state index in [4.69, 9.17) is 14.5 Å². The normalized spacial score (nSPS) is 16.3. The van der Waals surface area contributed by atoms with E-state index in [1.54, 1.807) is 13.8 Å². The minimum atomic E-state index is -0.612. The first-order chi connectivity index (χ1) is 15.8. The molecule has 1 unspecified atom stereocenters. The monoisotopic (exact) mass is 448 g/mol. The van der Waals surface area contributed by atoms with Crippen LogP contribution in [0.1, 0.15) is 48.1 Å². The third-order valence-corrected chi connectivity index (χ3v) is 6.75. The van der Waals surface area contributed by atoms with Crippen LogP contribution in [-0.4, -0.2) is 23.3 Å². The average molecular weight is 449 g/mol. The van der Waals surface area contributed by atoms with Crippen molar-refractivity contribution in [3.05, 3.63) is 70.3 Å². The first-order valence-electron chi connectivity index (χ1n) is 11.6. The van der Waals surface area contributed by atoms with Gasteiger partial charge in [0.2, 0.25) is 0 Å². The topological polar surface area (TPSA) is 65.0 Å². The fourth-order valence-electron chi connectivity index (χ4n) is 4.60. The van der Waals surface area contributed by atoms with E-state index in [-0.39, 0.29) is 12.0 Å². The van der Waals surface area contributed by atoms with E-state index in [2.05, 4.69) is 19.9 Å². The number of ether oxygens (including phenoxy) is 1. The van der Waals surface area contributed by atoms with E-state index in [0.29, 0.717) is 12.2 Å². The molecule has 3 aromatic carbocycles. The lowest BCUT2D eigenvalue weighted by atomic mass is 9.86. The van der Waals surface area contributed by atoms with Crippen molar-refractivity contribution in [2.75, 3.05) is 0 Å². The van der Waals surface area contributed by atoms with Gasteiger partial charge in [-0.05, 0) is 78.9 Å². The molecule has 1 aliphatic heterocycles. The van der Waals surface area contributed by atoms with Gasteiger partial charge in [-0.25, -0.2) is 4.79 Å². The highest BCUT2D eigenvalue weighted by Crippen LogP contribution is 2.37. The van der Waals surface area contributed by atoms with Crippen molar-refractivity contribution < 1.29 is 24.4 Å². The molecule has 0 aromatic heterocycles. The number of carbonyl (C=O) groups is 1. The molecular weight excluding hydrogens is 416 g/mol. The molecule has 174 valence electrons. The maximum Gasteiger partial charge on any atom is 0.357 e. The molecule has 1 N–H and O–H groups in total. The number of hydrogen-bond donors (Lipinski definition) is 1. The molecule has 0 aliphatic carbocycles. The molecule has 1 aliphatic rings. The third-order valence-electron chi connectivity index (χ3n) is 6.75. The Bertz CT molecular complexity index is 1180. The van der Waals surface area contributed by atoms with Crippen LogP contribution in [0.25, 0.3) is 10.8 Å². The number of aryl methyl sites for hydroxylation is 3. The average Bonchev–Trinajstić information content (AvgIpc) is 2.82. The van der Waals surface area contributed by atoms with E-state index < -0.39 is 12.1 Å². The van der Waals surface area contributed by atoms with Gasteiger partial charge >= 0.3 is 5.97 Å². The van der Waals surface area contributed by atoms with Gasteiger partial charge in [0.05, 0.1) is 12.0 Å². The summed E-state index contributed by atoms with van der Waals surface area (Å²) in [5, 5.41) is 13.1. The standard InChI is InChI=1S/C28H32O5/c1-16(2)28(30)33-32-26-12-8-10-21-19(5)22(17(3)18(4)27(21)26)15-23(29)25-14-13-20-9-6-7-11-24(20)31-25/h6-12,16,23,25,29H,13-15H2,1-5H3/t23?,25-/m1/s1. The maximum absolute atomic E-state index is 11.9. The van der Waals surface area contributed by atoms with Gasteiger partial charge in [-0.15, -0.1) is 0 Å². The summed E-state index contributed by atoms with van der Waals surface area (Å²) in [6.45, 7) is 9.70. The number of aliphatic hydroxyl groups is 1. The molecule has 33 heavy (non-hydrogen) atoms. The van der Waals surface area contributed by atoms with Crippen molar-refractivity contribution in [2.45, 2.75) is 66.1 Å². The van der Waals surface area contributed by atoms with Crippen LogP contribution in [-0.2, 0) is 22.5 Å². The molecule has 4 rings (SSSR count). The minimum Gasteiger partial charge on any atom is -0.487 e. The van der Waals surface area contributed by atoms with E-state index in [0.717, 1.165) is 51.6 Å². The summed E-state index contributed by atoms with van der Waals surface area (Å²) >= 11 is 0. The molecule has 0 amide bonds. The zero-order chi connectivity index (χ0) is 23.7. The second kappa shape index (κ2) is 9.44. The lowest BCUT2D eigenvalue weighted by Crippen LogP contribution is -2.36. The number of benzene rings is 3. The molecule has 5 heteroatoms. The van der Waals surface area contributed by atoms with E-state index in [9.17, 15) is 9.90 Å². The van der Waals surface area contributed by atoms with Gasteiger partial charge in [0, 0.05) is 11.8 Å². The highest BCUT2D eigenvalue weighted by Gasteiger charge is 2.28. The Morgan fingerprint density at radius 3 is 2.58 bits per heavy atom. The second-order valence-electron chi connectivity index (χ2n) is 9.25. The van der Waals surface area contributed by atoms with Gasteiger partial charge in [-0.1, -0.05) is 44.2 Å². The number of aliphatic hydroxyl groups excluding tert-OH is 1. The van der Waals surface area contributed by atoms with Crippen LogP contribution in [0.4, 0.5) is 0 Å². The predicted molar refractivity (Wildman–Crippen MR) is 129 cm³/mol. The molecule has 0 radical (unpaired) electrons. The molecular formula is C28H32O5. The van der Waals surface area contributed by atoms with Gasteiger partial charge in [0.1, 0.15) is 11.9 Å². The number of para-hydroxylation sites is 1. The van der Waals surface area contributed by atoms with Crippen molar-refractivity contribution in [2.24, 2.45) is 5.92 Å². The van der Waals surface area contributed by atoms with Gasteiger partial charge in [-0.2, -0.15) is 0 Å². The molecule has 0 bridgehead atoms. The lowest BCUT2D eigenvalue weighted by Gasteiger charge is -2.30. The summed E-state index contributed by atoms with van der Waals surface area (Å²) in [5.74, 6) is 0.705. The van der Waals surface area contributed by atoms with Gasteiger partial charge in [-0.3, -0.25) is 9.78 Å². The zero-order valence-corrected chi connectivity index (χ0v) is 20.0. The maximum atomic E-state index is 11.9. The van der Waals surface area contributed by atoms with Crippen LogP contribution in [0.3, 0.4) is 0 Å². The van der Waals surface area contributed by atoms with Crippen molar-refractivity contribution in [1.29, 1.82) is 0 Å². The molecule has 0 fully saturated rings. The van der Waals surface area contributed by atoms with Gasteiger partial charge < -0.3 is 9.84 Å². The van der Waals surface area contributed by atoms with E-state index in [1.165, 1.54) is 5.56 Å². The Morgan fingerprint density at radius 2 is 1.82 bits per heavy atom. The fourth-order valence-corrected chi connectivity index (χ4v) is 4.60. The first kappa shape index (κ1) is 23.1. The summed E-state index contributed by atoms with van der Waals surface area (Å²) in [6.07, 6.45) is 1.36. The quantitative estimate of drug-likeness (QED) is 0.395. The second-order valence-corrected chi connectivity index (χ2v) is 9.25. The Labute approximate surface area is 195 Å². The smallest absolute Gasteiger partial charge is 0.357 e. The van der Waals surface area contributed by atoms with Crippen molar-refractivity contribution in [3.8, 4) is 11.5 Å². The van der Waals surface area contributed by atoms with Crippen molar-refractivity contribution in [3.63, 3.8) is 0 Å². The lowest BCUT2D eigenvalue weighted by molar-refractivity contribution is -0.217. The first-order valence-corrected chi connectivity index (χ1v) is 11.6. The Hall–Kier alpha value is -3.05. The van der Waals surface area contributed by atoms with Crippen LogP contribution in [0, 0.1) is 26.7 Å². The predicted octanol–water partition coefficient (Wildman–Crippen LogP) is 5.56. The van der Waals surface area contributed by atoms with Crippen LogP contribution < -0.4 is 9.62 Å². The molecule has 0 spiro atoms. The van der Waals surface area contributed by atoms with Crippen LogP contribution in [0.15, 0.2) is 42.5 Å². The van der Waals surface area contributed by atoms with Gasteiger partial charge in [0.15, 0.2) is 5.75 Å². The SMILES string of the molecule is Cc1c(CC(O)[C@H]2CCc3ccccc3O2)c(C)c2cccc(OOC(=O)C(C)C)c2c1C. The van der Waals surface area contributed by atoms with E-state index in [1.807, 2.05) is 43.3 Å². The number of carbonyl (C=O) groups excluding carboxylic acids is 1. The Balaban J connectivity index is 1.62. The number of hydrogen-bond acceptors (Lipinski definition) is 5. The molecule has 3 aromatic rings. The number of fused-ring (bicyclic) bond motifs is 2. The summed E-state index contributed by atoms with van der Waals surface area (Å²) in [6, 6.07) is 13.8. The highest BCUT2D eigenvalue weighted by atomic mass is 17.2. The number of rotatable bonds is 6. The Kier molecular flexibility index (Phi) is 6.61. The van der Waals surface area contributed by atoms with Crippen molar-refractivity contribution in [1.82, 2.24) is 0 Å². The van der Waals surface area contributed by atoms with Crippen molar-refractivity contribution >= 4 is 16.7 Å². The summed E-state index contributed by atoms with van der Waals surface area (Å²) in [5.41, 5.74) is 5.54. The van der Waals surface area contributed by atoms with E-state index >= 15 is 0 Å². The van der Waals surface area contributed by atoms with Gasteiger partial charge in [0.25, 0.3) is 0 Å². The van der Waals surface area contributed by atoms with Crippen LogP contribution in [0.2, 0.25) is 0 Å². The van der Waals surface area contributed by atoms with Crippen LogP contribution in [0.5, 0.6) is 11.5 Å². The molecule has 0 saturated heterocycles. The fraction of sp³-hybridized carbons (Fsp3) is 0.393. The van der Waals surface area contributed by atoms with Crippen LogP contribution >= 0.6 is 0 Å².